The SMILES string of the molecule is CC(C)(C)OC(=O)N(CC(=O)O)c1ccc(N)cc1.O. The highest BCUT2D eigenvalue weighted by atomic mass is 16.6. The van der Waals surface area contributed by atoms with Crippen LogP contribution in [0.4, 0.5) is 16.2 Å². The Morgan fingerprint density at radius 1 is 1.25 bits per heavy atom. The van der Waals surface area contributed by atoms with Crippen molar-refractivity contribution in [2.24, 2.45) is 0 Å². The second kappa shape index (κ2) is 6.76. The van der Waals surface area contributed by atoms with Crippen molar-refractivity contribution in [2.75, 3.05) is 17.2 Å². The Hall–Kier alpha value is -2.28. The Balaban J connectivity index is 0.00000361. The van der Waals surface area contributed by atoms with Crippen LogP contribution in [0.5, 0.6) is 0 Å². The summed E-state index contributed by atoms with van der Waals surface area (Å²) in [5, 5.41) is 8.87. The molecule has 1 rings (SSSR count). The number of nitrogen functional groups attached to an aromatic ring is 1. The van der Waals surface area contributed by atoms with E-state index >= 15 is 0 Å². The zero-order valence-electron chi connectivity index (χ0n) is 11.7. The van der Waals surface area contributed by atoms with E-state index in [2.05, 4.69) is 0 Å². The fourth-order valence-corrected chi connectivity index (χ4v) is 1.37. The third kappa shape index (κ3) is 5.57. The van der Waals surface area contributed by atoms with E-state index in [1.807, 2.05) is 0 Å². The quantitative estimate of drug-likeness (QED) is 0.808. The number of aliphatic carboxylic acids is 1. The van der Waals surface area contributed by atoms with Crippen LogP contribution in [0.1, 0.15) is 20.8 Å². The van der Waals surface area contributed by atoms with Crippen LogP contribution in [0.3, 0.4) is 0 Å². The van der Waals surface area contributed by atoms with Crippen LogP contribution in [-0.2, 0) is 9.53 Å². The molecule has 0 saturated heterocycles. The number of amides is 1. The Morgan fingerprint density at radius 2 is 1.75 bits per heavy atom. The van der Waals surface area contributed by atoms with Gasteiger partial charge < -0.3 is 21.1 Å². The summed E-state index contributed by atoms with van der Waals surface area (Å²) >= 11 is 0. The number of rotatable bonds is 3. The van der Waals surface area contributed by atoms with E-state index in [-0.39, 0.29) is 5.48 Å². The molecule has 1 aromatic rings. The van der Waals surface area contributed by atoms with Gasteiger partial charge in [-0.2, -0.15) is 0 Å². The fourth-order valence-electron chi connectivity index (χ4n) is 1.37. The number of ether oxygens (including phenoxy) is 1. The minimum absolute atomic E-state index is 0. The average molecular weight is 284 g/mol. The van der Waals surface area contributed by atoms with Gasteiger partial charge in [-0.15, -0.1) is 0 Å². The highest BCUT2D eigenvalue weighted by Crippen LogP contribution is 2.19. The van der Waals surface area contributed by atoms with Crippen molar-refractivity contribution in [3.63, 3.8) is 0 Å². The number of carbonyl (C=O) groups excluding carboxylic acids is 1. The number of hydrogen-bond acceptors (Lipinski definition) is 4. The van der Waals surface area contributed by atoms with Gasteiger partial charge >= 0.3 is 12.1 Å². The van der Waals surface area contributed by atoms with E-state index in [0.29, 0.717) is 11.4 Å². The Labute approximate surface area is 117 Å². The van der Waals surface area contributed by atoms with Gasteiger partial charge in [0.2, 0.25) is 0 Å². The summed E-state index contributed by atoms with van der Waals surface area (Å²) in [5.74, 6) is -1.12. The Morgan fingerprint density at radius 3 is 2.15 bits per heavy atom. The van der Waals surface area contributed by atoms with E-state index < -0.39 is 24.2 Å². The maximum absolute atomic E-state index is 12.0. The number of anilines is 2. The number of nitrogens with two attached hydrogens (primary N) is 1. The summed E-state index contributed by atoms with van der Waals surface area (Å²) in [5.41, 5.74) is 5.81. The molecule has 0 aliphatic heterocycles. The van der Waals surface area contributed by atoms with Crippen LogP contribution < -0.4 is 10.6 Å². The number of hydrogen-bond donors (Lipinski definition) is 2. The lowest BCUT2D eigenvalue weighted by Gasteiger charge is -2.26. The molecule has 0 aromatic heterocycles. The first-order valence-corrected chi connectivity index (χ1v) is 5.77. The predicted octanol–water partition coefficient (Wildman–Crippen LogP) is 1.27. The van der Waals surface area contributed by atoms with Crippen molar-refractivity contribution in [1.82, 2.24) is 0 Å². The third-order valence-corrected chi connectivity index (χ3v) is 2.11. The largest absolute Gasteiger partial charge is 0.480 e. The minimum atomic E-state index is -1.12. The molecule has 0 saturated carbocycles. The maximum atomic E-state index is 12.0. The third-order valence-electron chi connectivity index (χ3n) is 2.11. The lowest BCUT2D eigenvalue weighted by molar-refractivity contribution is -0.135. The Kier molecular flexibility index (Phi) is 5.99. The molecule has 1 aromatic carbocycles. The van der Waals surface area contributed by atoms with Crippen molar-refractivity contribution in [1.29, 1.82) is 0 Å². The Bertz CT molecular complexity index is 465. The number of carboxylic acid groups (broad SMARTS) is 1. The van der Waals surface area contributed by atoms with E-state index in [1.165, 1.54) is 0 Å². The molecular weight excluding hydrogens is 264 g/mol. The fraction of sp³-hybridized carbons (Fsp3) is 0.385. The molecule has 0 heterocycles. The molecule has 0 spiro atoms. The highest BCUT2D eigenvalue weighted by Gasteiger charge is 2.25. The van der Waals surface area contributed by atoms with E-state index in [4.69, 9.17) is 15.6 Å². The molecule has 0 unspecified atom stereocenters. The second-order valence-electron chi connectivity index (χ2n) is 5.05. The van der Waals surface area contributed by atoms with Crippen molar-refractivity contribution in [2.45, 2.75) is 26.4 Å². The van der Waals surface area contributed by atoms with Crippen molar-refractivity contribution in [3.05, 3.63) is 24.3 Å². The number of carbonyl (C=O) groups is 2. The summed E-state index contributed by atoms with van der Waals surface area (Å²) < 4.78 is 5.18. The summed E-state index contributed by atoms with van der Waals surface area (Å²) in [6, 6.07) is 6.33. The van der Waals surface area contributed by atoms with Crippen LogP contribution >= 0.6 is 0 Å². The summed E-state index contributed by atoms with van der Waals surface area (Å²) in [6.45, 7) is 4.67. The molecule has 20 heavy (non-hydrogen) atoms. The second-order valence-corrected chi connectivity index (χ2v) is 5.05. The summed E-state index contributed by atoms with van der Waals surface area (Å²) in [6.07, 6.45) is -0.709. The van der Waals surface area contributed by atoms with Gasteiger partial charge in [-0.3, -0.25) is 9.69 Å². The summed E-state index contributed by atoms with van der Waals surface area (Å²) in [7, 11) is 0. The first-order valence-electron chi connectivity index (χ1n) is 5.77. The molecule has 112 valence electrons. The normalized spacial score (nSPS) is 10.3. The molecule has 0 radical (unpaired) electrons. The molecular formula is C13H20N2O5. The molecule has 7 nitrogen and oxygen atoms in total. The molecule has 1 amide bonds. The smallest absolute Gasteiger partial charge is 0.415 e. The van der Waals surface area contributed by atoms with Gasteiger partial charge in [0.25, 0.3) is 0 Å². The minimum Gasteiger partial charge on any atom is -0.480 e. The molecule has 0 aliphatic carbocycles. The zero-order valence-corrected chi connectivity index (χ0v) is 11.7. The van der Waals surface area contributed by atoms with Gasteiger partial charge in [-0.05, 0) is 45.0 Å². The van der Waals surface area contributed by atoms with Crippen LogP contribution in [0.2, 0.25) is 0 Å². The van der Waals surface area contributed by atoms with Crippen molar-refractivity contribution >= 4 is 23.4 Å². The molecule has 0 aliphatic rings. The lowest BCUT2D eigenvalue weighted by atomic mass is 10.2. The number of carboxylic acids is 1. The van der Waals surface area contributed by atoms with Gasteiger partial charge in [0.15, 0.2) is 0 Å². The monoisotopic (exact) mass is 284 g/mol. The molecule has 5 N–H and O–H groups in total. The average Bonchev–Trinajstić information content (AvgIpc) is 2.24. The number of benzene rings is 1. The topological polar surface area (TPSA) is 124 Å². The maximum Gasteiger partial charge on any atom is 0.415 e. The van der Waals surface area contributed by atoms with Crippen molar-refractivity contribution < 1.29 is 24.9 Å². The van der Waals surface area contributed by atoms with Crippen LogP contribution in [0.15, 0.2) is 24.3 Å². The molecule has 0 atom stereocenters. The molecule has 0 fully saturated rings. The van der Waals surface area contributed by atoms with E-state index in [9.17, 15) is 9.59 Å². The van der Waals surface area contributed by atoms with Gasteiger partial charge in [0.1, 0.15) is 12.1 Å². The van der Waals surface area contributed by atoms with Crippen LogP contribution in [-0.4, -0.2) is 34.8 Å². The van der Waals surface area contributed by atoms with Crippen LogP contribution in [0.25, 0.3) is 0 Å². The predicted molar refractivity (Wildman–Crippen MR) is 75.7 cm³/mol. The lowest BCUT2D eigenvalue weighted by Crippen LogP contribution is -2.40. The molecule has 7 heteroatoms. The highest BCUT2D eigenvalue weighted by molar-refractivity contribution is 5.93. The van der Waals surface area contributed by atoms with E-state index in [1.54, 1.807) is 45.0 Å². The summed E-state index contributed by atoms with van der Waals surface area (Å²) in [4.78, 5) is 23.9. The standard InChI is InChI=1S/C13H18N2O4.H2O/c1-13(2,3)19-12(18)15(8-11(16)17)10-6-4-9(14)5-7-10;/h4-7H,8,14H2,1-3H3,(H,16,17);1H2. The van der Waals surface area contributed by atoms with Gasteiger partial charge in [0, 0.05) is 11.4 Å². The van der Waals surface area contributed by atoms with Gasteiger partial charge in [-0.1, -0.05) is 0 Å². The van der Waals surface area contributed by atoms with Gasteiger partial charge in [0.05, 0.1) is 0 Å². The first kappa shape index (κ1) is 17.7. The molecule has 0 bridgehead atoms. The van der Waals surface area contributed by atoms with E-state index in [0.717, 1.165) is 4.90 Å². The van der Waals surface area contributed by atoms with Crippen molar-refractivity contribution in [3.8, 4) is 0 Å². The van der Waals surface area contributed by atoms with Crippen LogP contribution in [0, 0.1) is 0 Å². The number of nitrogens with zero attached hydrogens (tertiary/aromatic N) is 1. The first-order chi connectivity index (χ1) is 8.69. The van der Waals surface area contributed by atoms with Gasteiger partial charge in [-0.25, -0.2) is 4.79 Å². The zero-order chi connectivity index (χ0) is 14.6.